The van der Waals surface area contributed by atoms with Crippen molar-refractivity contribution in [2.75, 3.05) is 0 Å². The zero-order valence-corrected chi connectivity index (χ0v) is 13.5. The summed E-state index contributed by atoms with van der Waals surface area (Å²) < 4.78 is 3.02. The van der Waals surface area contributed by atoms with Gasteiger partial charge in [-0.2, -0.15) is 5.10 Å². The molecule has 19 heavy (non-hydrogen) atoms. The van der Waals surface area contributed by atoms with E-state index in [-0.39, 0.29) is 0 Å². The molecule has 0 fully saturated rings. The van der Waals surface area contributed by atoms with Crippen LogP contribution in [-0.4, -0.2) is 9.78 Å². The van der Waals surface area contributed by atoms with Crippen LogP contribution in [0, 0.1) is 13.8 Å². The summed E-state index contributed by atoms with van der Waals surface area (Å²) in [5, 5.41) is 7.97. The van der Waals surface area contributed by atoms with Crippen LogP contribution >= 0.6 is 15.9 Å². The van der Waals surface area contributed by atoms with Crippen molar-refractivity contribution >= 4 is 15.9 Å². The van der Waals surface area contributed by atoms with Gasteiger partial charge in [-0.05, 0) is 47.8 Å². The van der Waals surface area contributed by atoms with Gasteiger partial charge in [0.15, 0.2) is 0 Å². The molecule has 1 heterocycles. The maximum atomic E-state index is 4.41. The molecule has 0 aliphatic rings. The Morgan fingerprint density at radius 2 is 2.00 bits per heavy atom. The highest BCUT2D eigenvalue weighted by molar-refractivity contribution is 9.10. The van der Waals surface area contributed by atoms with Crippen molar-refractivity contribution < 1.29 is 0 Å². The Bertz CT molecular complexity index is 575. The van der Waals surface area contributed by atoms with Gasteiger partial charge in [-0.3, -0.25) is 4.68 Å². The second kappa shape index (κ2) is 5.88. The molecule has 0 aliphatic heterocycles. The first-order valence-corrected chi connectivity index (χ1v) is 7.27. The minimum Gasteiger partial charge on any atom is -0.305 e. The minimum atomic E-state index is 0.323. The minimum absolute atomic E-state index is 0.323. The van der Waals surface area contributed by atoms with E-state index >= 15 is 0 Å². The summed E-state index contributed by atoms with van der Waals surface area (Å²) in [6, 6.07) is 8.81. The number of hydrogen-bond donors (Lipinski definition) is 1. The maximum absolute atomic E-state index is 4.41. The van der Waals surface area contributed by atoms with Gasteiger partial charge in [0.2, 0.25) is 0 Å². The molecule has 3 nitrogen and oxygen atoms in total. The van der Waals surface area contributed by atoms with Crippen molar-refractivity contribution in [2.45, 2.75) is 33.4 Å². The second-order valence-electron chi connectivity index (χ2n) is 4.93. The molecule has 0 spiro atoms. The van der Waals surface area contributed by atoms with Crippen LogP contribution in [0.2, 0.25) is 0 Å². The Morgan fingerprint density at radius 3 is 2.58 bits per heavy atom. The average Bonchev–Trinajstić information content (AvgIpc) is 2.61. The topological polar surface area (TPSA) is 29.9 Å². The molecule has 0 unspecified atom stereocenters. The molecule has 2 aromatic rings. The van der Waals surface area contributed by atoms with Gasteiger partial charge >= 0.3 is 0 Å². The molecule has 0 saturated carbocycles. The summed E-state index contributed by atoms with van der Waals surface area (Å²) in [6.45, 7) is 7.16. The van der Waals surface area contributed by atoms with Crippen LogP contribution in [0.4, 0.5) is 0 Å². The van der Waals surface area contributed by atoms with Gasteiger partial charge in [-0.25, -0.2) is 0 Å². The van der Waals surface area contributed by atoms with Gasteiger partial charge in [0.05, 0.1) is 15.9 Å². The molecule has 0 amide bonds. The van der Waals surface area contributed by atoms with Crippen LogP contribution in [0.1, 0.15) is 35.5 Å². The zero-order valence-electron chi connectivity index (χ0n) is 11.9. The van der Waals surface area contributed by atoms with E-state index in [1.807, 2.05) is 18.7 Å². The van der Waals surface area contributed by atoms with Crippen LogP contribution in [0.25, 0.3) is 0 Å². The smallest absolute Gasteiger partial charge is 0.0739 e. The molecule has 0 radical (unpaired) electrons. The van der Waals surface area contributed by atoms with E-state index in [4.69, 9.17) is 0 Å². The predicted molar refractivity (Wildman–Crippen MR) is 82.1 cm³/mol. The van der Waals surface area contributed by atoms with E-state index in [1.165, 1.54) is 16.8 Å². The Morgan fingerprint density at radius 1 is 1.32 bits per heavy atom. The molecule has 0 aliphatic carbocycles. The fourth-order valence-electron chi connectivity index (χ4n) is 2.30. The summed E-state index contributed by atoms with van der Waals surface area (Å²) in [4.78, 5) is 0. The van der Waals surface area contributed by atoms with Crippen molar-refractivity contribution in [3.63, 3.8) is 0 Å². The summed E-state index contributed by atoms with van der Waals surface area (Å²) in [5.74, 6) is 0. The first kappa shape index (κ1) is 14.3. The SMILES string of the molecule is Cc1ccccc1[C@@H](C)NCc1c(Br)c(C)nn1C. The summed E-state index contributed by atoms with van der Waals surface area (Å²) in [6.07, 6.45) is 0. The number of aromatic nitrogens is 2. The Hall–Kier alpha value is -1.13. The van der Waals surface area contributed by atoms with E-state index in [9.17, 15) is 0 Å². The lowest BCUT2D eigenvalue weighted by atomic mass is 10.0. The van der Waals surface area contributed by atoms with Gasteiger partial charge in [0.1, 0.15) is 0 Å². The molecule has 2 rings (SSSR count). The van der Waals surface area contributed by atoms with E-state index in [1.54, 1.807) is 0 Å². The summed E-state index contributed by atoms with van der Waals surface area (Å²) in [7, 11) is 1.98. The molecule has 0 bridgehead atoms. The number of aryl methyl sites for hydroxylation is 3. The monoisotopic (exact) mass is 321 g/mol. The van der Waals surface area contributed by atoms with Crippen LogP contribution in [0.3, 0.4) is 0 Å². The van der Waals surface area contributed by atoms with Crippen molar-refractivity contribution in [3.8, 4) is 0 Å². The predicted octanol–water partition coefficient (Wildman–Crippen LogP) is 3.65. The third kappa shape index (κ3) is 3.07. The quantitative estimate of drug-likeness (QED) is 0.931. The summed E-state index contributed by atoms with van der Waals surface area (Å²) in [5.41, 5.74) is 4.88. The number of halogens is 1. The molecule has 1 atom stereocenters. The maximum Gasteiger partial charge on any atom is 0.0739 e. The van der Waals surface area contributed by atoms with E-state index in [0.717, 1.165) is 16.7 Å². The standard InChI is InChI=1S/C15H20BrN3/c1-10-7-5-6-8-13(10)11(2)17-9-14-15(16)12(3)18-19(14)4/h5-8,11,17H,9H2,1-4H3/t11-/m1/s1. The number of benzene rings is 1. The molecule has 102 valence electrons. The number of nitrogens with one attached hydrogen (secondary N) is 1. The zero-order chi connectivity index (χ0) is 14.0. The molecule has 4 heteroatoms. The Balaban J connectivity index is 2.09. The van der Waals surface area contributed by atoms with E-state index in [2.05, 4.69) is 64.5 Å². The highest BCUT2D eigenvalue weighted by Crippen LogP contribution is 2.22. The van der Waals surface area contributed by atoms with Gasteiger partial charge in [-0.15, -0.1) is 0 Å². The molecule has 1 aromatic heterocycles. The fourth-order valence-corrected chi connectivity index (χ4v) is 2.78. The normalized spacial score (nSPS) is 12.7. The molecule has 1 N–H and O–H groups in total. The van der Waals surface area contributed by atoms with Gasteiger partial charge in [0, 0.05) is 19.6 Å². The van der Waals surface area contributed by atoms with Gasteiger partial charge in [-0.1, -0.05) is 24.3 Å². The largest absolute Gasteiger partial charge is 0.305 e. The van der Waals surface area contributed by atoms with E-state index < -0.39 is 0 Å². The fraction of sp³-hybridized carbons (Fsp3) is 0.400. The van der Waals surface area contributed by atoms with Crippen LogP contribution in [0.15, 0.2) is 28.7 Å². The Kier molecular flexibility index (Phi) is 4.42. The first-order valence-electron chi connectivity index (χ1n) is 6.47. The second-order valence-corrected chi connectivity index (χ2v) is 5.72. The Labute approximate surface area is 123 Å². The summed E-state index contributed by atoms with van der Waals surface area (Å²) >= 11 is 3.60. The average molecular weight is 322 g/mol. The number of rotatable bonds is 4. The molecular formula is C15H20BrN3. The van der Waals surface area contributed by atoms with Gasteiger partial charge < -0.3 is 5.32 Å². The third-order valence-corrected chi connectivity index (χ3v) is 4.52. The van der Waals surface area contributed by atoms with Crippen molar-refractivity contribution in [1.29, 1.82) is 0 Å². The lowest BCUT2D eigenvalue weighted by molar-refractivity contribution is 0.545. The highest BCUT2D eigenvalue weighted by atomic mass is 79.9. The van der Waals surface area contributed by atoms with Crippen molar-refractivity contribution in [1.82, 2.24) is 15.1 Å². The van der Waals surface area contributed by atoms with Crippen molar-refractivity contribution in [3.05, 3.63) is 51.3 Å². The third-order valence-electron chi connectivity index (χ3n) is 3.49. The number of nitrogens with zero attached hydrogens (tertiary/aromatic N) is 2. The van der Waals surface area contributed by atoms with Crippen LogP contribution in [-0.2, 0) is 13.6 Å². The lowest BCUT2D eigenvalue weighted by Crippen LogP contribution is -2.20. The van der Waals surface area contributed by atoms with Gasteiger partial charge in [0.25, 0.3) is 0 Å². The van der Waals surface area contributed by atoms with Crippen LogP contribution in [0.5, 0.6) is 0 Å². The highest BCUT2D eigenvalue weighted by Gasteiger charge is 2.12. The van der Waals surface area contributed by atoms with Crippen molar-refractivity contribution in [2.24, 2.45) is 7.05 Å². The van der Waals surface area contributed by atoms with E-state index in [0.29, 0.717) is 6.04 Å². The molecule has 1 aromatic carbocycles. The molecule has 0 saturated heterocycles. The van der Waals surface area contributed by atoms with Crippen LogP contribution < -0.4 is 5.32 Å². The number of hydrogen-bond acceptors (Lipinski definition) is 2. The first-order chi connectivity index (χ1) is 9.00. The lowest BCUT2D eigenvalue weighted by Gasteiger charge is -2.16. The molecular weight excluding hydrogens is 302 g/mol.